The molecule has 1 aromatic heterocycles. The number of hydrogen-bond acceptors (Lipinski definition) is 6. The van der Waals surface area contributed by atoms with Gasteiger partial charge in [-0.3, -0.25) is 4.79 Å². The molecule has 35 heavy (non-hydrogen) atoms. The highest BCUT2D eigenvalue weighted by molar-refractivity contribution is 5.86. The molecule has 1 atom stereocenters. The number of rotatable bonds is 6. The number of carbonyl (C=O) groups excluding carboxylic acids is 1. The normalized spacial score (nSPS) is 17.4. The third kappa shape index (κ3) is 9.88. The van der Waals surface area contributed by atoms with Gasteiger partial charge in [-0.05, 0) is 74.3 Å². The third-order valence-corrected chi connectivity index (χ3v) is 5.91. The van der Waals surface area contributed by atoms with Crippen LogP contribution in [-0.4, -0.2) is 49.5 Å². The van der Waals surface area contributed by atoms with Crippen molar-refractivity contribution in [1.29, 1.82) is 0 Å². The van der Waals surface area contributed by atoms with Crippen LogP contribution in [0, 0.1) is 5.92 Å². The molecule has 4 rings (SSSR count). The van der Waals surface area contributed by atoms with Crippen LogP contribution in [0.25, 0.3) is 11.8 Å². The largest absolute Gasteiger partial charge is 0.507 e. The lowest BCUT2D eigenvalue weighted by Gasteiger charge is -2.08. The Balaban J connectivity index is 0.000000296. The molecule has 0 saturated carbocycles. The zero-order chi connectivity index (χ0) is 25.5. The fourth-order valence-electron chi connectivity index (χ4n) is 3.78. The zero-order valence-corrected chi connectivity index (χ0v) is 20.7. The molecule has 2 aromatic rings. The molecule has 0 unspecified atom stereocenters. The summed E-state index contributed by atoms with van der Waals surface area (Å²) >= 11 is 0. The number of aryl methyl sites for hydroxylation is 1. The fraction of sp³-hybridized carbons (Fsp3) is 0.444. The molecular formula is C27H40N4O4. The van der Waals surface area contributed by atoms with Crippen LogP contribution in [-0.2, 0) is 20.7 Å². The number of phenolic OH excluding ortho intramolecular Hbond substituents is 1. The molecule has 192 valence electrons. The van der Waals surface area contributed by atoms with Crippen molar-refractivity contribution in [2.24, 2.45) is 11.7 Å². The molecular weight excluding hydrogens is 444 g/mol. The minimum atomic E-state index is -0.144. The fourth-order valence-corrected chi connectivity index (χ4v) is 3.78. The van der Waals surface area contributed by atoms with E-state index in [0.29, 0.717) is 23.0 Å². The Kier molecular flexibility index (Phi) is 12.5. The summed E-state index contributed by atoms with van der Waals surface area (Å²) in [5.41, 5.74) is 15.4. The standard InChI is InChI=1S/C18H23N3O2.C5H10O.C4H7NO/c19-16(14-3-1-2-4-17(14)22)9-15-13(10-21-18(15)20)6-5-12-7-8-23-11-12;1-2-4-6-5-3-1;1-3-4(6)5-2/h1-4,9-10,12,21-22H,5-8,11,19-20H2;1-5H2;3H,1H2,2H3,(H,5,6)/b16-9-;;/t12-;;/m0../s1. The molecule has 2 saturated heterocycles. The van der Waals surface area contributed by atoms with Crippen LogP contribution in [0.5, 0.6) is 5.75 Å². The predicted molar refractivity (Wildman–Crippen MR) is 142 cm³/mol. The Hall–Kier alpha value is -3.23. The van der Waals surface area contributed by atoms with Crippen molar-refractivity contribution in [3.8, 4) is 5.75 Å². The second-order valence-corrected chi connectivity index (χ2v) is 8.52. The monoisotopic (exact) mass is 484 g/mol. The number of aromatic hydroxyl groups is 1. The number of nitrogens with two attached hydrogens (primary N) is 2. The molecule has 2 aliphatic rings. The Morgan fingerprint density at radius 1 is 1.23 bits per heavy atom. The van der Waals surface area contributed by atoms with E-state index in [4.69, 9.17) is 20.9 Å². The van der Waals surface area contributed by atoms with Crippen molar-refractivity contribution < 1.29 is 19.4 Å². The number of amides is 1. The highest BCUT2D eigenvalue weighted by Gasteiger charge is 2.17. The lowest BCUT2D eigenvalue weighted by Crippen LogP contribution is -2.13. The second kappa shape index (κ2) is 15.6. The Morgan fingerprint density at radius 2 is 1.97 bits per heavy atom. The van der Waals surface area contributed by atoms with Crippen molar-refractivity contribution in [2.75, 3.05) is 39.2 Å². The van der Waals surface area contributed by atoms with Gasteiger partial charge in [0.25, 0.3) is 0 Å². The van der Waals surface area contributed by atoms with Gasteiger partial charge in [0.15, 0.2) is 0 Å². The van der Waals surface area contributed by atoms with Crippen molar-refractivity contribution in [3.05, 3.63) is 59.8 Å². The number of ether oxygens (including phenoxy) is 2. The van der Waals surface area contributed by atoms with Gasteiger partial charge < -0.3 is 36.3 Å². The molecule has 0 bridgehead atoms. The molecule has 1 amide bonds. The highest BCUT2D eigenvalue weighted by Crippen LogP contribution is 2.28. The molecule has 1 aromatic carbocycles. The van der Waals surface area contributed by atoms with Crippen LogP contribution < -0.4 is 16.8 Å². The SMILES string of the molecule is C1CCOCC1.C=CC(=O)NC.N/C(=C\c1c(CC[C@H]2CCOC2)c[nH]c1N)c1ccccc1O. The van der Waals surface area contributed by atoms with E-state index in [1.807, 2.05) is 18.3 Å². The molecule has 0 radical (unpaired) electrons. The number of nitrogens with one attached hydrogen (secondary N) is 2. The van der Waals surface area contributed by atoms with Crippen molar-refractivity contribution in [2.45, 2.75) is 38.5 Å². The number of para-hydroxylation sites is 1. The summed E-state index contributed by atoms with van der Waals surface area (Å²) in [5, 5.41) is 12.3. The van der Waals surface area contributed by atoms with Crippen LogP contribution in [0.2, 0.25) is 0 Å². The van der Waals surface area contributed by atoms with Gasteiger partial charge in [0.1, 0.15) is 11.6 Å². The van der Waals surface area contributed by atoms with Crippen LogP contribution in [0.4, 0.5) is 5.82 Å². The van der Waals surface area contributed by atoms with Crippen molar-refractivity contribution in [1.82, 2.24) is 10.3 Å². The number of nitrogen functional groups attached to an aromatic ring is 1. The minimum absolute atomic E-state index is 0.144. The van der Waals surface area contributed by atoms with E-state index in [2.05, 4.69) is 16.9 Å². The summed E-state index contributed by atoms with van der Waals surface area (Å²) in [6.07, 6.45) is 12.1. The van der Waals surface area contributed by atoms with E-state index in [-0.39, 0.29) is 11.7 Å². The first-order valence-corrected chi connectivity index (χ1v) is 12.2. The molecule has 3 heterocycles. The summed E-state index contributed by atoms with van der Waals surface area (Å²) in [4.78, 5) is 13.0. The van der Waals surface area contributed by atoms with E-state index in [1.54, 1.807) is 25.2 Å². The molecule has 7 N–H and O–H groups in total. The van der Waals surface area contributed by atoms with E-state index in [1.165, 1.54) is 25.3 Å². The highest BCUT2D eigenvalue weighted by atomic mass is 16.5. The maximum Gasteiger partial charge on any atom is 0.243 e. The quantitative estimate of drug-likeness (QED) is 0.395. The molecule has 2 aliphatic heterocycles. The Bertz CT molecular complexity index is 933. The lowest BCUT2D eigenvalue weighted by molar-refractivity contribution is -0.116. The maximum atomic E-state index is 9.95. The van der Waals surface area contributed by atoms with Gasteiger partial charge in [0.2, 0.25) is 5.91 Å². The topological polar surface area (TPSA) is 136 Å². The average molecular weight is 485 g/mol. The number of likely N-dealkylation sites (N-methyl/N-ethyl adjacent to an activating group) is 1. The number of carbonyl (C=O) groups is 1. The number of benzene rings is 1. The van der Waals surface area contributed by atoms with Gasteiger partial charge in [-0.2, -0.15) is 0 Å². The van der Waals surface area contributed by atoms with Gasteiger partial charge >= 0.3 is 0 Å². The number of aromatic amines is 1. The van der Waals surface area contributed by atoms with Gasteiger partial charge in [0.05, 0.1) is 0 Å². The summed E-state index contributed by atoms with van der Waals surface area (Å²) in [6, 6.07) is 7.03. The number of anilines is 1. The molecule has 0 aliphatic carbocycles. The first kappa shape index (κ1) is 28.0. The first-order valence-electron chi connectivity index (χ1n) is 12.2. The van der Waals surface area contributed by atoms with E-state index in [9.17, 15) is 9.90 Å². The van der Waals surface area contributed by atoms with Crippen molar-refractivity contribution in [3.63, 3.8) is 0 Å². The van der Waals surface area contributed by atoms with Crippen LogP contribution in [0.15, 0.2) is 43.1 Å². The molecule has 2 fully saturated rings. The molecule has 8 heteroatoms. The predicted octanol–water partition coefficient (Wildman–Crippen LogP) is 3.83. The number of hydrogen-bond donors (Lipinski definition) is 5. The number of phenols is 1. The summed E-state index contributed by atoms with van der Waals surface area (Å²) < 4.78 is 10.5. The van der Waals surface area contributed by atoms with Gasteiger partial charge in [-0.1, -0.05) is 18.7 Å². The Labute approximate surface area is 208 Å². The zero-order valence-electron chi connectivity index (χ0n) is 20.7. The third-order valence-electron chi connectivity index (χ3n) is 5.91. The molecule has 8 nitrogen and oxygen atoms in total. The van der Waals surface area contributed by atoms with E-state index in [0.717, 1.165) is 56.8 Å². The number of H-pyrrole nitrogens is 1. The lowest BCUT2D eigenvalue weighted by atomic mass is 9.97. The van der Waals surface area contributed by atoms with Crippen LogP contribution >= 0.6 is 0 Å². The van der Waals surface area contributed by atoms with E-state index >= 15 is 0 Å². The summed E-state index contributed by atoms with van der Waals surface area (Å²) in [7, 11) is 1.56. The average Bonchev–Trinajstić information content (AvgIpc) is 3.54. The second-order valence-electron chi connectivity index (χ2n) is 8.52. The van der Waals surface area contributed by atoms with E-state index < -0.39 is 0 Å². The van der Waals surface area contributed by atoms with Gasteiger partial charge in [-0.15, -0.1) is 0 Å². The molecule has 0 spiro atoms. The van der Waals surface area contributed by atoms with Gasteiger partial charge in [0, 0.05) is 56.5 Å². The number of aromatic nitrogens is 1. The van der Waals surface area contributed by atoms with Crippen LogP contribution in [0.1, 0.15) is 48.8 Å². The van der Waals surface area contributed by atoms with Crippen LogP contribution in [0.3, 0.4) is 0 Å². The summed E-state index contributed by atoms with van der Waals surface area (Å²) in [6.45, 7) is 6.94. The smallest absolute Gasteiger partial charge is 0.243 e. The van der Waals surface area contributed by atoms with Gasteiger partial charge in [-0.25, -0.2) is 0 Å². The van der Waals surface area contributed by atoms with Crippen molar-refractivity contribution >= 4 is 23.5 Å². The maximum absolute atomic E-state index is 9.95. The summed E-state index contributed by atoms with van der Waals surface area (Å²) in [5.74, 6) is 1.24. The minimum Gasteiger partial charge on any atom is -0.507 e. The Morgan fingerprint density at radius 3 is 2.49 bits per heavy atom. The first-order chi connectivity index (χ1) is 17.0.